The lowest BCUT2D eigenvalue weighted by molar-refractivity contribution is -0.149. The van der Waals surface area contributed by atoms with Crippen LogP contribution in [-0.2, 0) is 20.8 Å². The minimum atomic E-state index is -0.807. The first-order valence-electron chi connectivity index (χ1n) is 11.5. The Balaban J connectivity index is 2.33. The summed E-state index contributed by atoms with van der Waals surface area (Å²) in [5.74, 6) is -1.00. The van der Waals surface area contributed by atoms with Gasteiger partial charge in [-0.25, -0.2) is 14.0 Å². The van der Waals surface area contributed by atoms with Gasteiger partial charge in [0.15, 0.2) is 5.57 Å². The number of nitrogens with zero attached hydrogens (tertiary/aromatic N) is 2. The third-order valence-electron chi connectivity index (χ3n) is 4.86. The number of rotatable bonds is 6. The molecular formula is C25H34ClFN4O4. The second-order valence-electron chi connectivity index (χ2n) is 10.4. The summed E-state index contributed by atoms with van der Waals surface area (Å²) >= 11 is 6.21. The molecule has 1 saturated heterocycles. The van der Waals surface area contributed by atoms with Crippen molar-refractivity contribution in [3.63, 3.8) is 0 Å². The smallest absolute Gasteiger partial charge is 0.407 e. The summed E-state index contributed by atoms with van der Waals surface area (Å²) in [5.41, 5.74) is -1.20. The lowest BCUT2D eigenvalue weighted by Crippen LogP contribution is -2.50. The molecule has 0 spiro atoms. The highest BCUT2D eigenvalue weighted by Crippen LogP contribution is 2.22. The number of piperidine rings is 1. The lowest BCUT2D eigenvalue weighted by Gasteiger charge is -2.37. The first kappa shape index (κ1) is 28.2. The maximum Gasteiger partial charge on any atom is 0.407 e. The fourth-order valence-electron chi connectivity index (χ4n) is 3.51. The zero-order chi connectivity index (χ0) is 26.4. The number of ether oxygens (including phenoxy) is 2. The van der Waals surface area contributed by atoms with Gasteiger partial charge < -0.3 is 25.0 Å². The zero-order valence-corrected chi connectivity index (χ0v) is 21.9. The quantitative estimate of drug-likeness (QED) is 0.328. The molecule has 192 valence electrons. The van der Waals surface area contributed by atoms with E-state index in [4.69, 9.17) is 21.1 Å². The van der Waals surface area contributed by atoms with E-state index in [9.17, 15) is 19.2 Å². The number of esters is 1. The fraction of sp³-hybridized carbons (Fsp3) is 0.560. The van der Waals surface area contributed by atoms with E-state index in [-0.39, 0.29) is 24.0 Å². The lowest BCUT2D eigenvalue weighted by atomic mass is 10.0. The molecule has 0 aromatic heterocycles. The van der Waals surface area contributed by atoms with Crippen molar-refractivity contribution in [1.29, 1.82) is 5.26 Å². The van der Waals surface area contributed by atoms with Crippen LogP contribution < -0.4 is 10.6 Å². The number of amides is 1. The minimum absolute atomic E-state index is 0.0700. The van der Waals surface area contributed by atoms with Crippen LogP contribution in [0.5, 0.6) is 0 Å². The number of carbonyl (C=O) groups is 2. The predicted molar refractivity (Wildman–Crippen MR) is 131 cm³/mol. The third-order valence-corrected chi connectivity index (χ3v) is 5.23. The van der Waals surface area contributed by atoms with Crippen LogP contribution in [0.3, 0.4) is 0 Å². The highest BCUT2D eigenvalue weighted by Gasteiger charge is 2.30. The van der Waals surface area contributed by atoms with Gasteiger partial charge in [-0.2, -0.15) is 5.26 Å². The molecule has 2 N–H and O–H groups in total. The van der Waals surface area contributed by atoms with Crippen LogP contribution in [0, 0.1) is 17.1 Å². The Morgan fingerprint density at radius 2 is 1.86 bits per heavy atom. The van der Waals surface area contributed by atoms with Gasteiger partial charge in [-0.15, -0.1) is 0 Å². The van der Waals surface area contributed by atoms with E-state index in [1.54, 1.807) is 46.4 Å². The van der Waals surface area contributed by atoms with E-state index < -0.39 is 29.1 Å². The summed E-state index contributed by atoms with van der Waals surface area (Å²) in [6.07, 6.45) is 0.856. The van der Waals surface area contributed by atoms with Gasteiger partial charge in [0, 0.05) is 30.7 Å². The molecule has 35 heavy (non-hydrogen) atoms. The third kappa shape index (κ3) is 9.29. The summed E-state index contributed by atoms with van der Waals surface area (Å²) < 4.78 is 24.6. The highest BCUT2D eigenvalue weighted by atomic mass is 35.5. The summed E-state index contributed by atoms with van der Waals surface area (Å²) in [6.45, 7) is 11.4. The number of carbonyl (C=O) groups excluding carboxylic acids is 2. The first-order valence-corrected chi connectivity index (χ1v) is 11.9. The van der Waals surface area contributed by atoms with Crippen molar-refractivity contribution >= 4 is 23.7 Å². The summed E-state index contributed by atoms with van der Waals surface area (Å²) in [5, 5.41) is 16.2. The van der Waals surface area contributed by atoms with E-state index in [0.717, 1.165) is 0 Å². The Labute approximate surface area is 211 Å². The molecule has 1 aromatic carbocycles. The van der Waals surface area contributed by atoms with Crippen molar-refractivity contribution < 1.29 is 23.5 Å². The summed E-state index contributed by atoms with van der Waals surface area (Å²) in [4.78, 5) is 27.0. The Morgan fingerprint density at radius 3 is 2.46 bits per heavy atom. The molecule has 0 aliphatic carbocycles. The number of hydrogen-bond donors (Lipinski definition) is 2. The highest BCUT2D eigenvalue weighted by molar-refractivity contribution is 6.31. The molecule has 2 rings (SSSR count). The van der Waals surface area contributed by atoms with Crippen molar-refractivity contribution in [2.75, 3.05) is 13.1 Å². The van der Waals surface area contributed by atoms with Crippen LogP contribution in [0.2, 0.25) is 5.02 Å². The number of nitrogens with one attached hydrogen (secondary N) is 2. The van der Waals surface area contributed by atoms with Crippen molar-refractivity contribution in [2.24, 2.45) is 0 Å². The molecule has 1 fully saturated rings. The van der Waals surface area contributed by atoms with Gasteiger partial charge in [0.1, 0.15) is 28.9 Å². The number of halogens is 2. The standard InChI is InChI=1S/C25H34ClFN4O4/c1-24(2,3)34-22(32)19(13-28)21(29-14-16-12-17(27)9-10-20(16)26)31-11-7-8-18(15-31)30-23(33)35-25(4,5)6/h9-10,12,18,29H,7-8,11,14-15H2,1-6H3,(H,30,33)/b21-19-/t18-/m1/s1. The van der Waals surface area contributed by atoms with Gasteiger partial charge in [-0.05, 0) is 78.1 Å². The van der Waals surface area contributed by atoms with Crippen LogP contribution >= 0.6 is 11.6 Å². The maximum absolute atomic E-state index is 13.8. The number of benzene rings is 1. The van der Waals surface area contributed by atoms with E-state index >= 15 is 0 Å². The molecule has 0 unspecified atom stereocenters. The molecule has 0 bridgehead atoms. The molecular weight excluding hydrogens is 475 g/mol. The van der Waals surface area contributed by atoms with Crippen molar-refractivity contribution in [1.82, 2.24) is 15.5 Å². The maximum atomic E-state index is 13.8. The van der Waals surface area contributed by atoms with Gasteiger partial charge >= 0.3 is 12.1 Å². The van der Waals surface area contributed by atoms with Crippen LogP contribution in [-0.4, -0.2) is 47.3 Å². The Morgan fingerprint density at radius 1 is 1.20 bits per heavy atom. The molecule has 1 aromatic rings. The summed E-state index contributed by atoms with van der Waals surface area (Å²) in [7, 11) is 0. The normalized spacial score (nSPS) is 17.1. The average molecular weight is 509 g/mol. The minimum Gasteiger partial charge on any atom is -0.456 e. The zero-order valence-electron chi connectivity index (χ0n) is 21.1. The van der Waals surface area contributed by atoms with Gasteiger partial charge in [-0.3, -0.25) is 0 Å². The second kappa shape index (κ2) is 11.6. The SMILES string of the molecule is CC(C)(C)OC(=O)N[C@@H]1CCCN(/C(NCc2cc(F)ccc2Cl)=C(/C#N)C(=O)OC(C)(C)C)C1. The van der Waals surface area contributed by atoms with Gasteiger partial charge in [-0.1, -0.05) is 11.6 Å². The molecule has 8 nitrogen and oxygen atoms in total. The van der Waals surface area contributed by atoms with E-state index in [1.807, 2.05) is 6.07 Å². The van der Waals surface area contributed by atoms with Gasteiger partial charge in [0.25, 0.3) is 0 Å². The number of alkyl carbamates (subject to hydrolysis) is 1. The topological polar surface area (TPSA) is 104 Å². The molecule has 1 heterocycles. The van der Waals surface area contributed by atoms with E-state index in [2.05, 4.69) is 10.6 Å². The Bertz CT molecular complexity index is 1010. The van der Waals surface area contributed by atoms with Gasteiger partial charge in [0.05, 0.1) is 0 Å². The molecule has 0 saturated carbocycles. The molecule has 0 radical (unpaired) electrons. The van der Waals surface area contributed by atoms with Crippen LogP contribution in [0.1, 0.15) is 59.9 Å². The fourth-order valence-corrected chi connectivity index (χ4v) is 3.70. The number of likely N-dealkylation sites (tertiary alicyclic amines) is 1. The first-order chi connectivity index (χ1) is 16.2. The van der Waals surface area contributed by atoms with Gasteiger partial charge in [0.2, 0.25) is 0 Å². The van der Waals surface area contributed by atoms with Crippen LogP contribution in [0.15, 0.2) is 29.6 Å². The largest absolute Gasteiger partial charge is 0.456 e. The van der Waals surface area contributed by atoms with Crippen LogP contribution in [0.25, 0.3) is 0 Å². The van der Waals surface area contributed by atoms with Crippen molar-refractivity contribution in [3.05, 3.63) is 46.0 Å². The number of nitriles is 1. The molecule has 1 amide bonds. The van der Waals surface area contributed by atoms with Crippen LogP contribution in [0.4, 0.5) is 9.18 Å². The molecule has 1 aliphatic heterocycles. The monoisotopic (exact) mass is 508 g/mol. The number of hydrogen-bond acceptors (Lipinski definition) is 7. The van der Waals surface area contributed by atoms with E-state index in [0.29, 0.717) is 36.5 Å². The predicted octanol–water partition coefficient (Wildman–Crippen LogP) is 4.63. The molecule has 10 heteroatoms. The second-order valence-corrected chi connectivity index (χ2v) is 10.8. The van der Waals surface area contributed by atoms with Crippen molar-refractivity contribution in [3.8, 4) is 6.07 Å². The van der Waals surface area contributed by atoms with Crippen molar-refractivity contribution in [2.45, 2.75) is 78.2 Å². The summed E-state index contributed by atoms with van der Waals surface area (Å²) in [6, 6.07) is 5.66. The molecule has 1 atom stereocenters. The van der Waals surface area contributed by atoms with E-state index in [1.165, 1.54) is 18.2 Å². The average Bonchev–Trinajstić information content (AvgIpc) is 2.70. The Kier molecular flexibility index (Phi) is 9.38. The Hall–Kier alpha value is -2.99. The molecule has 1 aliphatic rings.